The lowest BCUT2D eigenvalue weighted by molar-refractivity contribution is 0.100. The molecule has 0 aliphatic rings. The number of guanidine groups is 1. The summed E-state index contributed by atoms with van der Waals surface area (Å²) in [6.45, 7) is 2.03. The first-order valence-corrected chi connectivity index (χ1v) is 7.77. The van der Waals surface area contributed by atoms with Gasteiger partial charge in [0.15, 0.2) is 5.96 Å². The van der Waals surface area contributed by atoms with Gasteiger partial charge in [0, 0.05) is 16.1 Å². The summed E-state index contributed by atoms with van der Waals surface area (Å²) in [6, 6.07) is 17.1. The Morgan fingerprint density at radius 3 is 2.46 bits per heavy atom. The van der Waals surface area contributed by atoms with Gasteiger partial charge in [-0.2, -0.15) is 4.99 Å². The van der Waals surface area contributed by atoms with Crippen molar-refractivity contribution in [2.75, 3.05) is 0 Å². The number of amides is 1. The van der Waals surface area contributed by atoms with Crippen molar-refractivity contribution in [3.05, 3.63) is 70.7 Å². The average Bonchev–Trinajstić information content (AvgIpc) is 2.54. The van der Waals surface area contributed by atoms with Gasteiger partial charge < -0.3 is 11.5 Å². The average molecular weight is 338 g/mol. The second-order valence-corrected chi connectivity index (χ2v) is 5.92. The molecule has 0 saturated carbocycles. The standard InChI is InChI=1S/C19H16ClN3O/c1-11-4-2-3-5-14(11)17-15-10-13(18(24)23-19(21)22)7-6-12(15)8-9-16(17)20/h2-10H,1H3,(H4,21,22,23,24). The number of aliphatic imine (C=N–C) groups is 1. The van der Waals surface area contributed by atoms with E-state index in [1.165, 1.54) is 0 Å². The predicted molar refractivity (Wildman–Crippen MR) is 99.3 cm³/mol. The molecule has 0 fully saturated rings. The van der Waals surface area contributed by atoms with Gasteiger partial charge in [-0.1, -0.05) is 48.0 Å². The molecule has 0 spiro atoms. The largest absolute Gasteiger partial charge is 0.370 e. The molecule has 4 nitrogen and oxygen atoms in total. The van der Waals surface area contributed by atoms with Crippen LogP contribution >= 0.6 is 11.6 Å². The minimum atomic E-state index is -0.479. The van der Waals surface area contributed by atoms with Gasteiger partial charge in [-0.3, -0.25) is 4.79 Å². The third kappa shape index (κ3) is 2.96. The van der Waals surface area contributed by atoms with Crippen LogP contribution in [0.2, 0.25) is 5.02 Å². The normalized spacial score (nSPS) is 10.6. The van der Waals surface area contributed by atoms with Crippen molar-refractivity contribution in [3.63, 3.8) is 0 Å². The van der Waals surface area contributed by atoms with Crippen LogP contribution in [0, 0.1) is 6.92 Å². The van der Waals surface area contributed by atoms with Crippen LogP contribution in [0.1, 0.15) is 15.9 Å². The van der Waals surface area contributed by atoms with Crippen molar-refractivity contribution < 1.29 is 4.79 Å². The molecular weight excluding hydrogens is 322 g/mol. The lowest BCUT2D eigenvalue weighted by Crippen LogP contribution is -2.24. The maximum absolute atomic E-state index is 12.1. The fraction of sp³-hybridized carbons (Fsp3) is 0.0526. The molecule has 3 aromatic rings. The summed E-state index contributed by atoms with van der Waals surface area (Å²) >= 11 is 6.47. The Labute approximate surface area is 144 Å². The van der Waals surface area contributed by atoms with Crippen molar-refractivity contribution in [2.24, 2.45) is 16.5 Å². The summed E-state index contributed by atoms with van der Waals surface area (Å²) in [5.74, 6) is -0.738. The molecule has 0 aliphatic carbocycles. The van der Waals surface area contributed by atoms with Gasteiger partial charge in [0.25, 0.3) is 5.91 Å². The van der Waals surface area contributed by atoms with Crippen LogP contribution in [0.25, 0.3) is 21.9 Å². The molecule has 5 heteroatoms. The maximum atomic E-state index is 12.1. The van der Waals surface area contributed by atoms with Crippen LogP contribution in [0.3, 0.4) is 0 Å². The maximum Gasteiger partial charge on any atom is 0.280 e. The van der Waals surface area contributed by atoms with Gasteiger partial charge in [-0.15, -0.1) is 0 Å². The monoisotopic (exact) mass is 337 g/mol. The van der Waals surface area contributed by atoms with E-state index in [1.807, 2.05) is 49.4 Å². The molecule has 0 atom stereocenters. The zero-order chi connectivity index (χ0) is 17.3. The molecule has 4 N–H and O–H groups in total. The highest BCUT2D eigenvalue weighted by atomic mass is 35.5. The van der Waals surface area contributed by atoms with Gasteiger partial charge in [-0.05, 0) is 47.0 Å². The van der Waals surface area contributed by atoms with E-state index in [1.54, 1.807) is 12.1 Å². The highest BCUT2D eigenvalue weighted by molar-refractivity contribution is 6.35. The van der Waals surface area contributed by atoms with Gasteiger partial charge in [0.05, 0.1) is 0 Å². The zero-order valence-electron chi connectivity index (χ0n) is 13.1. The molecule has 24 heavy (non-hydrogen) atoms. The molecule has 3 rings (SSSR count). The van der Waals surface area contributed by atoms with Crippen LogP contribution in [-0.4, -0.2) is 11.9 Å². The summed E-state index contributed by atoms with van der Waals surface area (Å²) in [4.78, 5) is 15.7. The second kappa shape index (κ2) is 6.34. The number of carbonyl (C=O) groups is 1. The minimum Gasteiger partial charge on any atom is -0.370 e. The number of hydrogen-bond acceptors (Lipinski definition) is 1. The third-order valence-corrected chi connectivity index (χ3v) is 4.18. The van der Waals surface area contributed by atoms with Crippen molar-refractivity contribution >= 4 is 34.2 Å². The first kappa shape index (κ1) is 16.0. The third-order valence-electron chi connectivity index (χ3n) is 3.86. The van der Waals surface area contributed by atoms with E-state index in [0.29, 0.717) is 10.6 Å². The van der Waals surface area contributed by atoms with E-state index in [0.717, 1.165) is 27.5 Å². The van der Waals surface area contributed by atoms with Crippen LogP contribution in [0.15, 0.2) is 59.6 Å². The number of nitrogens with zero attached hydrogens (tertiary/aromatic N) is 1. The van der Waals surface area contributed by atoms with E-state index < -0.39 is 5.91 Å². The molecule has 0 unspecified atom stereocenters. The second-order valence-electron chi connectivity index (χ2n) is 5.52. The molecule has 0 aliphatic heterocycles. The summed E-state index contributed by atoms with van der Waals surface area (Å²) in [5, 5.41) is 2.50. The zero-order valence-corrected chi connectivity index (χ0v) is 13.8. The predicted octanol–water partition coefficient (Wildman–Crippen LogP) is 3.88. The van der Waals surface area contributed by atoms with Crippen LogP contribution < -0.4 is 11.5 Å². The first-order chi connectivity index (χ1) is 11.5. The summed E-state index contributed by atoms with van der Waals surface area (Å²) in [7, 11) is 0. The van der Waals surface area contributed by atoms with Crippen LogP contribution in [0.5, 0.6) is 0 Å². The number of hydrogen-bond donors (Lipinski definition) is 2. The smallest absolute Gasteiger partial charge is 0.280 e. The number of benzene rings is 3. The van der Waals surface area contributed by atoms with Gasteiger partial charge in [0.1, 0.15) is 0 Å². The molecule has 1 amide bonds. The number of halogens is 1. The van der Waals surface area contributed by atoms with Crippen molar-refractivity contribution in [1.29, 1.82) is 0 Å². The topological polar surface area (TPSA) is 81.5 Å². The van der Waals surface area contributed by atoms with E-state index in [9.17, 15) is 4.79 Å². The van der Waals surface area contributed by atoms with Crippen molar-refractivity contribution in [3.8, 4) is 11.1 Å². The SMILES string of the molecule is Cc1ccccc1-c1c(Cl)ccc2ccc(C(=O)N=C(N)N)cc12. The van der Waals surface area contributed by atoms with E-state index in [2.05, 4.69) is 4.99 Å². The molecule has 0 radical (unpaired) electrons. The molecule has 120 valence electrons. The van der Waals surface area contributed by atoms with Crippen molar-refractivity contribution in [1.82, 2.24) is 0 Å². The molecule has 0 saturated heterocycles. The van der Waals surface area contributed by atoms with Crippen LogP contribution in [-0.2, 0) is 0 Å². The summed E-state index contributed by atoms with van der Waals surface area (Å²) in [5.41, 5.74) is 14.0. The van der Waals surface area contributed by atoms with E-state index >= 15 is 0 Å². The fourth-order valence-corrected chi connectivity index (χ4v) is 3.00. The Bertz CT molecular complexity index is 976. The Balaban J connectivity index is 2.29. The quantitative estimate of drug-likeness (QED) is 0.550. The first-order valence-electron chi connectivity index (χ1n) is 7.39. The van der Waals surface area contributed by atoms with Crippen LogP contribution in [0.4, 0.5) is 0 Å². The number of fused-ring (bicyclic) bond motifs is 1. The number of aryl methyl sites for hydroxylation is 1. The fourth-order valence-electron chi connectivity index (χ4n) is 2.74. The lowest BCUT2D eigenvalue weighted by atomic mass is 9.94. The molecule has 3 aromatic carbocycles. The number of nitrogens with two attached hydrogens (primary N) is 2. The number of carbonyl (C=O) groups excluding carboxylic acids is 1. The minimum absolute atomic E-state index is 0.259. The Kier molecular flexibility index (Phi) is 4.23. The molecular formula is C19H16ClN3O. The molecule has 0 aromatic heterocycles. The van der Waals surface area contributed by atoms with Gasteiger partial charge in [0.2, 0.25) is 0 Å². The Morgan fingerprint density at radius 1 is 1.04 bits per heavy atom. The van der Waals surface area contributed by atoms with E-state index in [-0.39, 0.29) is 5.96 Å². The lowest BCUT2D eigenvalue weighted by Gasteiger charge is -2.12. The summed E-state index contributed by atoms with van der Waals surface area (Å²) in [6.07, 6.45) is 0. The molecule has 0 heterocycles. The Hall–Kier alpha value is -2.85. The highest BCUT2D eigenvalue weighted by Gasteiger charge is 2.13. The highest BCUT2D eigenvalue weighted by Crippen LogP contribution is 2.37. The molecule has 0 bridgehead atoms. The number of rotatable bonds is 2. The Morgan fingerprint density at radius 2 is 1.75 bits per heavy atom. The van der Waals surface area contributed by atoms with Gasteiger partial charge in [-0.25, -0.2) is 0 Å². The van der Waals surface area contributed by atoms with E-state index in [4.69, 9.17) is 23.1 Å². The van der Waals surface area contributed by atoms with Crippen molar-refractivity contribution in [2.45, 2.75) is 6.92 Å². The summed E-state index contributed by atoms with van der Waals surface area (Å²) < 4.78 is 0. The van der Waals surface area contributed by atoms with Gasteiger partial charge >= 0.3 is 0 Å².